The molecule has 0 aliphatic heterocycles. The van der Waals surface area contributed by atoms with Gasteiger partial charge in [0.2, 0.25) is 0 Å². The third-order valence-corrected chi connectivity index (χ3v) is 3.21. The number of aromatic nitrogens is 1. The second-order valence-corrected chi connectivity index (χ2v) is 5.04. The van der Waals surface area contributed by atoms with E-state index in [0.29, 0.717) is 17.7 Å². The van der Waals surface area contributed by atoms with Crippen molar-refractivity contribution in [2.24, 2.45) is 10.9 Å². The first-order chi connectivity index (χ1) is 8.69. The molecular weight excluding hydrogens is 375 g/mol. The molecule has 1 aliphatic rings. The molecule has 0 amide bonds. The van der Waals surface area contributed by atoms with Gasteiger partial charge >= 0.3 is 0 Å². The average Bonchev–Trinajstić information content (AvgIpc) is 3.04. The van der Waals surface area contributed by atoms with Crippen molar-refractivity contribution in [2.45, 2.75) is 32.9 Å². The summed E-state index contributed by atoms with van der Waals surface area (Å²) in [4.78, 5) is 8.58. The van der Waals surface area contributed by atoms with Crippen LogP contribution in [0.1, 0.15) is 25.8 Å². The molecule has 1 fully saturated rings. The number of hydrogen-bond acceptors (Lipinski definition) is 2. The molecule has 0 radical (unpaired) electrons. The van der Waals surface area contributed by atoms with Crippen LogP contribution < -0.4 is 10.6 Å². The van der Waals surface area contributed by atoms with E-state index in [0.717, 1.165) is 24.0 Å². The quantitative estimate of drug-likeness (QED) is 0.357. The topological polar surface area (TPSA) is 49.3 Å². The predicted octanol–water partition coefficient (Wildman–Crippen LogP) is 2.82. The number of rotatable bonds is 4. The van der Waals surface area contributed by atoms with Crippen molar-refractivity contribution < 1.29 is 0 Å². The molecule has 106 valence electrons. The first-order valence-electron chi connectivity index (χ1n) is 6.34. The van der Waals surface area contributed by atoms with Crippen LogP contribution in [0.4, 0.5) is 0 Å². The molecule has 1 aromatic rings. The largest absolute Gasteiger partial charge is 0.357 e. The van der Waals surface area contributed by atoms with E-state index in [9.17, 15) is 0 Å². The van der Waals surface area contributed by atoms with E-state index >= 15 is 0 Å². The number of guanidine groups is 1. The van der Waals surface area contributed by atoms with Crippen LogP contribution in [0.2, 0.25) is 5.15 Å². The number of hydrogen-bond donors (Lipinski definition) is 2. The zero-order chi connectivity index (χ0) is 13.0. The lowest BCUT2D eigenvalue weighted by Crippen LogP contribution is -2.39. The summed E-state index contributed by atoms with van der Waals surface area (Å²) in [5, 5.41) is 7.18. The zero-order valence-electron chi connectivity index (χ0n) is 11.2. The SMILES string of the molecule is CCNC(=NCc1ccc(Cl)nc1)NC1CC1C.I. The van der Waals surface area contributed by atoms with Gasteiger partial charge in [0.15, 0.2) is 5.96 Å². The fourth-order valence-electron chi connectivity index (χ4n) is 1.69. The van der Waals surface area contributed by atoms with Crippen LogP contribution >= 0.6 is 35.6 Å². The van der Waals surface area contributed by atoms with Crippen molar-refractivity contribution in [3.8, 4) is 0 Å². The first kappa shape index (κ1) is 16.5. The predicted molar refractivity (Wildman–Crippen MR) is 90.2 cm³/mol. The highest BCUT2D eigenvalue weighted by Gasteiger charge is 2.33. The highest BCUT2D eigenvalue weighted by atomic mass is 127. The Hall–Kier alpha value is -0.560. The molecule has 2 atom stereocenters. The molecule has 0 aromatic carbocycles. The first-order valence-corrected chi connectivity index (χ1v) is 6.72. The van der Waals surface area contributed by atoms with Gasteiger partial charge in [-0.3, -0.25) is 0 Å². The van der Waals surface area contributed by atoms with Crippen molar-refractivity contribution in [3.05, 3.63) is 29.0 Å². The van der Waals surface area contributed by atoms with E-state index in [1.165, 1.54) is 6.42 Å². The van der Waals surface area contributed by atoms with E-state index in [1.807, 2.05) is 6.07 Å². The third-order valence-electron chi connectivity index (χ3n) is 2.98. The van der Waals surface area contributed by atoms with Crippen molar-refractivity contribution >= 4 is 41.5 Å². The van der Waals surface area contributed by atoms with Gasteiger partial charge in [-0.05, 0) is 30.9 Å². The molecular formula is C13H20ClIN4. The highest BCUT2D eigenvalue weighted by Crippen LogP contribution is 2.28. The van der Waals surface area contributed by atoms with Crippen LogP contribution in [0.3, 0.4) is 0 Å². The second kappa shape index (κ2) is 7.89. The van der Waals surface area contributed by atoms with E-state index in [-0.39, 0.29) is 24.0 Å². The van der Waals surface area contributed by atoms with Crippen LogP contribution in [0.15, 0.2) is 23.3 Å². The minimum atomic E-state index is 0. The molecule has 6 heteroatoms. The molecule has 4 nitrogen and oxygen atoms in total. The van der Waals surface area contributed by atoms with Gasteiger partial charge in [-0.2, -0.15) is 0 Å². The maximum atomic E-state index is 5.75. The summed E-state index contributed by atoms with van der Waals surface area (Å²) in [6, 6.07) is 4.31. The Morgan fingerprint density at radius 3 is 2.79 bits per heavy atom. The number of nitrogens with one attached hydrogen (secondary N) is 2. The molecule has 1 aliphatic carbocycles. The smallest absolute Gasteiger partial charge is 0.191 e. The van der Waals surface area contributed by atoms with Gasteiger partial charge in [-0.25, -0.2) is 9.98 Å². The standard InChI is InChI=1S/C13H19ClN4.HI/c1-3-15-13(18-11-6-9(11)2)17-8-10-4-5-12(14)16-7-10;/h4-5,7,9,11H,3,6,8H2,1-2H3,(H2,15,17,18);1H. The maximum absolute atomic E-state index is 5.75. The van der Waals surface area contributed by atoms with Crippen molar-refractivity contribution in [3.63, 3.8) is 0 Å². The molecule has 19 heavy (non-hydrogen) atoms. The summed E-state index contributed by atoms with van der Waals surface area (Å²) >= 11 is 5.75. The second-order valence-electron chi connectivity index (χ2n) is 4.65. The monoisotopic (exact) mass is 394 g/mol. The molecule has 2 unspecified atom stereocenters. The molecule has 0 saturated heterocycles. The fourth-order valence-corrected chi connectivity index (χ4v) is 1.80. The Balaban J connectivity index is 0.00000180. The van der Waals surface area contributed by atoms with Crippen LogP contribution in [-0.4, -0.2) is 23.5 Å². The van der Waals surface area contributed by atoms with Gasteiger partial charge in [0, 0.05) is 18.8 Å². The summed E-state index contributed by atoms with van der Waals surface area (Å²) in [5.41, 5.74) is 1.06. The summed E-state index contributed by atoms with van der Waals surface area (Å²) in [6.07, 6.45) is 2.99. The molecule has 2 rings (SSSR count). The maximum Gasteiger partial charge on any atom is 0.191 e. The van der Waals surface area contributed by atoms with Gasteiger partial charge < -0.3 is 10.6 Å². The van der Waals surface area contributed by atoms with Gasteiger partial charge in [-0.1, -0.05) is 24.6 Å². The molecule has 2 N–H and O–H groups in total. The average molecular weight is 395 g/mol. The summed E-state index contributed by atoms with van der Waals surface area (Å²) in [6.45, 7) is 5.79. The minimum Gasteiger partial charge on any atom is -0.357 e. The van der Waals surface area contributed by atoms with Crippen molar-refractivity contribution in [2.75, 3.05) is 6.54 Å². The summed E-state index contributed by atoms with van der Waals surface area (Å²) in [7, 11) is 0. The number of halogens is 2. The summed E-state index contributed by atoms with van der Waals surface area (Å²) < 4.78 is 0. The van der Waals surface area contributed by atoms with E-state index in [1.54, 1.807) is 12.3 Å². The van der Waals surface area contributed by atoms with Gasteiger partial charge in [0.25, 0.3) is 0 Å². The lowest BCUT2D eigenvalue weighted by atomic mass is 10.3. The third kappa shape index (κ3) is 5.52. The molecule has 0 spiro atoms. The van der Waals surface area contributed by atoms with Crippen LogP contribution in [0.5, 0.6) is 0 Å². The molecule has 1 saturated carbocycles. The van der Waals surface area contributed by atoms with Crippen LogP contribution in [0.25, 0.3) is 0 Å². The van der Waals surface area contributed by atoms with Gasteiger partial charge in [0.05, 0.1) is 6.54 Å². The Morgan fingerprint density at radius 2 is 2.26 bits per heavy atom. The van der Waals surface area contributed by atoms with Crippen LogP contribution in [-0.2, 0) is 6.54 Å². The lowest BCUT2D eigenvalue weighted by Gasteiger charge is -2.10. The molecule has 0 bridgehead atoms. The number of pyridine rings is 1. The van der Waals surface area contributed by atoms with E-state index in [4.69, 9.17) is 11.6 Å². The van der Waals surface area contributed by atoms with Crippen molar-refractivity contribution in [1.29, 1.82) is 0 Å². The summed E-state index contributed by atoms with van der Waals surface area (Å²) in [5.74, 6) is 1.63. The van der Waals surface area contributed by atoms with E-state index in [2.05, 4.69) is 34.5 Å². The van der Waals surface area contributed by atoms with Crippen LogP contribution in [0, 0.1) is 5.92 Å². The van der Waals surface area contributed by atoms with Gasteiger partial charge in [-0.15, -0.1) is 24.0 Å². The zero-order valence-corrected chi connectivity index (χ0v) is 14.3. The fraction of sp³-hybridized carbons (Fsp3) is 0.538. The Bertz CT molecular complexity index is 421. The lowest BCUT2D eigenvalue weighted by molar-refractivity contribution is 0.766. The Labute approximate surface area is 136 Å². The van der Waals surface area contributed by atoms with E-state index < -0.39 is 0 Å². The molecule has 1 aromatic heterocycles. The highest BCUT2D eigenvalue weighted by molar-refractivity contribution is 14.0. The molecule has 1 heterocycles. The van der Waals surface area contributed by atoms with Gasteiger partial charge in [0.1, 0.15) is 5.15 Å². The van der Waals surface area contributed by atoms with Crippen molar-refractivity contribution in [1.82, 2.24) is 15.6 Å². The Morgan fingerprint density at radius 1 is 1.53 bits per heavy atom. The normalized spacial score (nSPS) is 21.5. The number of aliphatic imine (C=N–C) groups is 1. The Kier molecular flexibility index (Phi) is 6.85. The minimum absolute atomic E-state index is 0. The number of nitrogens with zero attached hydrogens (tertiary/aromatic N) is 2.